The summed E-state index contributed by atoms with van der Waals surface area (Å²) in [7, 11) is -8.95. The van der Waals surface area contributed by atoms with Gasteiger partial charge in [-0.05, 0) is 54.1 Å². The van der Waals surface area contributed by atoms with Crippen molar-refractivity contribution in [1.82, 2.24) is 15.5 Å². The molecule has 2 aliphatic carbocycles. The van der Waals surface area contributed by atoms with E-state index in [0.29, 0.717) is 12.0 Å². The summed E-state index contributed by atoms with van der Waals surface area (Å²) in [5.41, 5.74) is 5.09. The lowest BCUT2D eigenvalue weighted by Gasteiger charge is -2.23. The number of allylic oxidation sites excluding steroid dienone is 6. The number of nitrogens with one attached hydrogen (secondary N) is 3. The Morgan fingerprint density at radius 2 is 1.33 bits per heavy atom. The van der Waals surface area contributed by atoms with E-state index in [1.54, 1.807) is 36.5 Å². The van der Waals surface area contributed by atoms with Gasteiger partial charge in [0, 0.05) is 72.2 Å². The first kappa shape index (κ1) is 53.6. The van der Waals surface area contributed by atoms with Crippen molar-refractivity contribution in [2.45, 2.75) is 30.1 Å². The number of Topliss-reactive ketones (excluding diaryl/α,β-unsaturated/α-hetero) is 1. The summed E-state index contributed by atoms with van der Waals surface area (Å²) in [4.78, 5) is 51.7. The van der Waals surface area contributed by atoms with E-state index in [4.69, 9.17) is 34.5 Å². The molecule has 1 heterocycles. The van der Waals surface area contributed by atoms with Crippen LogP contribution in [0.15, 0.2) is 105 Å². The van der Waals surface area contributed by atoms with Gasteiger partial charge in [0.2, 0.25) is 0 Å². The van der Waals surface area contributed by atoms with Crippen LogP contribution in [0.1, 0.15) is 41.0 Å². The van der Waals surface area contributed by atoms with Gasteiger partial charge in [-0.25, -0.2) is 0 Å². The number of likely N-dealkylation sites (N-methyl/N-ethyl adjacent to an activating group) is 1. The monoisotopic (exact) mass is 993 g/mol. The molecule has 5 rings (SSSR count). The zero-order chi connectivity index (χ0) is 50.3. The van der Waals surface area contributed by atoms with Crippen molar-refractivity contribution in [1.29, 1.82) is 5.41 Å². The molecule has 0 unspecified atom stereocenters. The number of fused-ring (bicyclic) bond motifs is 2. The number of nitrogen functional groups attached to an aromatic ring is 1. The number of rotatable bonds is 25. The molecule has 22 heteroatoms. The summed E-state index contributed by atoms with van der Waals surface area (Å²) in [5, 5.41) is 13.0. The highest BCUT2D eigenvalue weighted by molar-refractivity contribution is 7.86. The van der Waals surface area contributed by atoms with Gasteiger partial charge in [-0.15, -0.1) is 0 Å². The first-order valence-electron chi connectivity index (χ1n) is 21.6. The van der Waals surface area contributed by atoms with Gasteiger partial charge in [-0.2, -0.15) is 16.8 Å². The van der Waals surface area contributed by atoms with E-state index in [0.717, 1.165) is 12.1 Å². The Kier molecular flexibility index (Phi) is 19.2. The van der Waals surface area contributed by atoms with Gasteiger partial charge in [0.25, 0.3) is 38.0 Å². The SMILES string of the molecule is CC(C)C(=O)CCOCCOCCNC(=O)c1ccc(-c2c3ccc(=N)c(S(=O)(=O)O)c-3oc3c(S(=O)(=O)O)c(N)ccc23)c(C(=O)N(C)CCOCCOCCNC(=O)C2=C/C=C\C=C/C=C\2)c1. The molecule has 1 aliphatic heterocycles. The Labute approximate surface area is 399 Å². The predicted octanol–water partition coefficient (Wildman–Crippen LogP) is 3.97. The van der Waals surface area contributed by atoms with Crippen molar-refractivity contribution < 1.29 is 68.5 Å². The van der Waals surface area contributed by atoms with Crippen molar-refractivity contribution in [3.63, 3.8) is 0 Å². The number of carbonyl (C=O) groups is 4. The molecule has 0 spiro atoms. The molecule has 2 aromatic rings. The fraction of sp³-hybridized carbons (Fsp3) is 0.340. The molecule has 7 N–H and O–H groups in total. The number of hydrogen-bond acceptors (Lipinski definition) is 15. The number of carbonyl (C=O) groups excluding carboxylic acids is 4. The lowest BCUT2D eigenvalue weighted by atomic mass is 9.89. The van der Waals surface area contributed by atoms with Gasteiger partial charge < -0.3 is 44.6 Å². The van der Waals surface area contributed by atoms with E-state index in [2.05, 4.69) is 10.6 Å². The molecule has 370 valence electrons. The zero-order valence-corrected chi connectivity index (χ0v) is 39.8. The average Bonchev–Trinajstić information content (AvgIpc) is 3.27. The molecule has 2 aromatic carbocycles. The summed E-state index contributed by atoms with van der Waals surface area (Å²) in [6.45, 7) is 5.27. The van der Waals surface area contributed by atoms with E-state index in [-0.39, 0.29) is 123 Å². The Morgan fingerprint density at radius 1 is 0.739 bits per heavy atom. The van der Waals surface area contributed by atoms with Crippen LogP contribution in [0.2, 0.25) is 0 Å². The summed E-state index contributed by atoms with van der Waals surface area (Å²) in [6, 6.07) is 8.83. The molecule has 0 fully saturated rings. The fourth-order valence-electron chi connectivity index (χ4n) is 6.89. The predicted molar refractivity (Wildman–Crippen MR) is 254 cm³/mol. The van der Waals surface area contributed by atoms with Gasteiger partial charge in [-0.3, -0.25) is 33.7 Å². The largest absolute Gasteiger partial charge is 0.453 e. The van der Waals surface area contributed by atoms with Crippen molar-refractivity contribution >= 4 is 60.4 Å². The first-order valence-corrected chi connectivity index (χ1v) is 24.5. The van der Waals surface area contributed by atoms with Crippen molar-refractivity contribution in [2.75, 3.05) is 85.3 Å². The van der Waals surface area contributed by atoms with Gasteiger partial charge in [0.05, 0.1) is 63.9 Å². The molecule has 3 aliphatic rings. The standard InChI is InChI=1S/C47H55N5O15S2/c1-30(2)39(53)17-21-63-25-26-64-23-19-51-46(55)32-11-12-33(36(29-32)47(56)52(3)20-24-66-28-27-65-22-18-50-45(54)31-9-7-5-4-6-8-10-31)40-34-13-15-37(48)43(68(57,58)59)41(34)67-42-35(40)14-16-38(49)44(42)69(60,61)62/h4-16,29-30,48H,17-28,49H2,1-3H3,(H,50,54)(H,51,55)(H,57,58,59)(H,60,61,62)/b5-4-,6-4?,7-5?,8-6-,9-7-,10-8?,31-9?,31-10+,48-37?. The third-order valence-corrected chi connectivity index (χ3v) is 12.3. The Bertz CT molecular complexity index is 2920. The van der Waals surface area contributed by atoms with Crippen LogP contribution in [0.3, 0.4) is 0 Å². The highest BCUT2D eigenvalue weighted by Gasteiger charge is 2.32. The highest BCUT2D eigenvalue weighted by Crippen LogP contribution is 2.46. The van der Waals surface area contributed by atoms with E-state index in [1.807, 2.05) is 19.9 Å². The molecule has 0 radical (unpaired) electrons. The van der Waals surface area contributed by atoms with Crippen LogP contribution in [-0.4, -0.2) is 134 Å². The van der Waals surface area contributed by atoms with Crippen LogP contribution >= 0.6 is 0 Å². The van der Waals surface area contributed by atoms with Crippen molar-refractivity contribution in [3.05, 3.63) is 107 Å². The second kappa shape index (κ2) is 24.8. The summed E-state index contributed by atoms with van der Waals surface area (Å²) >= 11 is 0. The molecule has 3 amide bonds. The summed E-state index contributed by atoms with van der Waals surface area (Å²) < 4.78 is 99.7. The van der Waals surface area contributed by atoms with Crippen molar-refractivity contribution in [3.8, 4) is 22.5 Å². The molecule has 0 bridgehead atoms. The molecule has 0 atom stereocenters. The topological polar surface area (TPSA) is 304 Å². The minimum Gasteiger partial charge on any atom is -0.453 e. The van der Waals surface area contributed by atoms with Crippen LogP contribution in [0.5, 0.6) is 0 Å². The number of nitrogens with zero attached hydrogens (tertiary/aromatic N) is 1. The number of benzene rings is 3. The zero-order valence-electron chi connectivity index (χ0n) is 38.2. The van der Waals surface area contributed by atoms with Crippen LogP contribution < -0.4 is 21.7 Å². The van der Waals surface area contributed by atoms with Gasteiger partial charge in [0.1, 0.15) is 5.78 Å². The first-order chi connectivity index (χ1) is 32.8. The fourth-order valence-corrected chi connectivity index (χ4v) is 8.37. The number of hydrogen-bond donors (Lipinski definition) is 6. The number of anilines is 1. The smallest absolute Gasteiger partial charge is 0.300 e. The molecule has 20 nitrogen and oxygen atoms in total. The number of ether oxygens (including phenoxy) is 4. The summed E-state index contributed by atoms with van der Waals surface area (Å²) in [5.74, 6) is -2.23. The molecule has 69 heavy (non-hydrogen) atoms. The maximum absolute atomic E-state index is 14.5. The third-order valence-electron chi connectivity index (χ3n) is 10.4. The second-order valence-electron chi connectivity index (χ2n) is 15.7. The highest BCUT2D eigenvalue weighted by atomic mass is 32.2. The molecular weight excluding hydrogens is 939 g/mol. The summed E-state index contributed by atoms with van der Waals surface area (Å²) in [6.07, 6.45) is 12.6. The third kappa shape index (κ3) is 14.6. The van der Waals surface area contributed by atoms with E-state index in [1.165, 1.54) is 42.3 Å². The van der Waals surface area contributed by atoms with Crippen LogP contribution in [0.25, 0.3) is 33.4 Å². The number of nitrogens with two attached hydrogens (primary N) is 1. The van der Waals surface area contributed by atoms with Crippen LogP contribution in [-0.2, 0) is 48.8 Å². The van der Waals surface area contributed by atoms with E-state index < -0.39 is 64.2 Å². The minimum absolute atomic E-state index is 0.00859. The Morgan fingerprint density at radius 3 is 1.99 bits per heavy atom. The van der Waals surface area contributed by atoms with Crippen LogP contribution in [0, 0.1) is 11.3 Å². The lowest BCUT2D eigenvalue weighted by molar-refractivity contribution is -0.123. The maximum atomic E-state index is 14.5. The van der Waals surface area contributed by atoms with Crippen molar-refractivity contribution in [2.24, 2.45) is 5.92 Å². The minimum atomic E-state index is -5.23. The second-order valence-corrected chi connectivity index (χ2v) is 18.4. The normalized spacial score (nSPS) is 15.0. The van der Waals surface area contributed by atoms with E-state index in [9.17, 15) is 45.1 Å². The number of ketones is 1. The van der Waals surface area contributed by atoms with Gasteiger partial charge in [0.15, 0.2) is 21.1 Å². The average molecular weight is 994 g/mol. The Hall–Kier alpha value is -6.37. The van der Waals surface area contributed by atoms with Crippen LogP contribution in [0.4, 0.5) is 5.69 Å². The molecule has 0 saturated heterocycles. The lowest BCUT2D eigenvalue weighted by Crippen LogP contribution is -2.32. The molecule has 0 aromatic heterocycles. The molecular formula is C47H55N5O15S2. The van der Waals surface area contributed by atoms with E-state index >= 15 is 0 Å². The Balaban J connectivity index is 1.37. The van der Waals surface area contributed by atoms with Gasteiger partial charge in [-0.1, -0.05) is 50.3 Å². The molecule has 0 saturated carbocycles. The van der Waals surface area contributed by atoms with Gasteiger partial charge >= 0.3 is 0 Å². The maximum Gasteiger partial charge on any atom is 0.300 e. The quantitative estimate of drug-likeness (QED) is 0.0237. The number of amides is 3.